The molecule has 0 saturated heterocycles. The maximum atomic E-state index is 12.0. The highest BCUT2D eigenvalue weighted by atomic mass is 16.2. The molecule has 0 spiro atoms. The number of aromatic nitrogens is 2. The smallest absolute Gasteiger partial charge is 0.328 e. The van der Waals surface area contributed by atoms with E-state index in [4.69, 9.17) is 6.42 Å². The van der Waals surface area contributed by atoms with E-state index in [0.717, 1.165) is 0 Å². The van der Waals surface area contributed by atoms with Gasteiger partial charge in [0.2, 0.25) is 0 Å². The Bertz CT molecular complexity index is 942. The zero-order valence-electron chi connectivity index (χ0n) is 14.3. The molecule has 2 amide bonds. The average Bonchev–Trinajstić information content (AvgIpc) is 2.53. The number of nitrogens with zero attached hydrogens (tertiary/aromatic N) is 1. The lowest BCUT2D eigenvalue weighted by atomic mass is 10.1. The van der Waals surface area contributed by atoms with Crippen molar-refractivity contribution in [3.8, 4) is 12.3 Å². The Morgan fingerprint density at radius 3 is 2.68 bits per heavy atom. The number of amides is 2. The SMILES string of the molecule is C#Cc1cccc(NC(=O)NCc2cn(C(C)(C)C)c(=O)[nH]c2=O)c1. The highest BCUT2D eigenvalue weighted by Crippen LogP contribution is 2.10. The topological polar surface area (TPSA) is 96.0 Å². The zero-order valence-corrected chi connectivity index (χ0v) is 14.3. The summed E-state index contributed by atoms with van der Waals surface area (Å²) in [6.07, 6.45) is 6.78. The lowest BCUT2D eigenvalue weighted by Gasteiger charge is -2.22. The molecule has 0 radical (unpaired) electrons. The van der Waals surface area contributed by atoms with Crippen molar-refractivity contribution < 1.29 is 4.79 Å². The van der Waals surface area contributed by atoms with Crippen molar-refractivity contribution in [3.05, 3.63) is 62.4 Å². The molecule has 0 atom stereocenters. The maximum Gasteiger partial charge on any atom is 0.328 e. The molecule has 2 aromatic rings. The van der Waals surface area contributed by atoms with Crippen LogP contribution in [0.2, 0.25) is 0 Å². The van der Waals surface area contributed by atoms with Crippen LogP contribution >= 0.6 is 0 Å². The normalized spacial score (nSPS) is 10.8. The molecule has 0 fully saturated rings. The third kappa shape index (κ3) is 4.61. The second kappa shape index (κ2) is 7.09. The fraction of sp³-hybridized carbons (Fsp3) is 0.278. The van der Waals surface area contributed by atoms with Crippen molar-refractivity contribution in [1.29, 1.82) is 0 Å². The number of terminal acetylenes is 1. The van der Waals surface area contributed by atoms with Gasteiger partial charge in [-0.3, -0.25) is 14.3 Å². The van der Waals surface area contributed by atoms with E-state index >= 15 is 0 Å². The van der Waals surface area contributed by atoms with Gasteiger partial charge in [0.15, 0.2) is 0 Å². The van der Waals surface area contributed by atoms with Crippen molar-refractivity contribution >= 4 is 11.7 Å². The van der Waals surface area contributed by atoms with E-state index < -0.39 is 22.8 Å². The summed E-state index contributed by atoms with van der Waals surface area (Å²) in [5.74, 6) is 2.48. The third-order valence-corrected chi connectivity index (χ3v) is 3.47. The number of carbonyl (C=O) groups is 1. The van der Waals surface area contributed by atoms with Crippen LogP contribution in [0.25, 0.3) is 0 Å². The number of hydrogen-bond acceptors (Lipinski definition) is 3. The largest absolute Gasteiger partial charge is 0.334 e. The first-order valence-corrected chi connectivity index (χ1v) is 7.67. The number of benzene rings is 1. The number of aromatic amines is 1. The highest BCUT2D eigenvalue weighted by Gasteiger charge is 2.16. The number of nitrogens with one attached hydrogen (secondary N) is 3. The molecule has 0 unspecified atom stereocenters. The van der Waals surface area contributed by atoms with E-state index in [9.17, 15) is 14.4 Å². The molecule has 7 heteroatoms. The van der Waals surface area contributed by atoms with Crippen molar-refractivity contribution in [2.75, 3.05) is 5.32 Å². The molecule has 0 bridgehead atoms. The van der Waals surface area contributed by atoms with Crippen LogP contribution in [0.3, 0.4) is 0 Å². The molecule has 1 aromatic heterocycles. The molecular formula is C18H20N4O3. The van der Waals surface area contributed by atoms with Crippen molar-refractivity contribution in [2.45, 2.75) is 32.9 Å². The van der Waals surface area contributed by atoms with Gasteiger partial charge in [-0.05, 0) is 39.0 Å². The molecule has 130 valence electrons. The van der Waals surface area contributed by atoms with Gasteiger partial charge in [0.05, 0.1) is 12.1 Å². The van der Waals surface area contributed by atoms with Gasteiger partial charge in [-0.15, -0.1) is 6.42 Å². The van der Waals surface area contributed by atoms with Crippen molar-refractivity contribution in [3.63, 3.8) is 0 Å². The Balaban J connectivity index is 2.10. The van der Waals surface area contributed by atoms with E-state index in [1.165, 1.54) is 10.8 Å². The molecule has 1 aromatic carbocycles. The van der Waals surface area contributed by atoms with Gasteiger partial charge >= 0.3 is 11.7 Å². The third-order valence-electron chi connectivity index (χ3n) is 3.47. The predicted octanol–water partition coefficient (Wildman–Crippen LogP) is 1.59. The lowest BCUT2D eigenvalue weighted by Crippen LogP contribution is -2.41. The van der Waals surface area contributed by atoms with E-state index in [0.29, 0.717) is 11.3 Å². The Hall–Kier alpha value is -3.27. The summed E-state index contributed by atoms with van der Waals surface area (Å²) in [7, 11) is 0. The summed E-state index contributed by atoms with van der Waals surface area (Å²) in [6.45, 7) is 5.51. The van der Waals surface area contributed by atoms with Crippen LogP contribution in [0, 0.1) is 12.3 Å². The molecule has 1 heterocycles. The summed E-state index contributed by atoms with van der Waals surface area (Å²) in [5, 5.41) is 5.22. The Morgan fingerprint density at radius 2 is 2.04 bits per heavy atom. The first kappa shape index (κ1) is 18.1. The van der Waals surface area contributed by atoms with Gasteiger partial charge < -0.3 is 10.6 Å². The predicted molar refractivity (Wildman–Crippen MR) is 96.6 cm³/mol. The zero-order chi connectivity index (χ0) is 18.6. The molecule has 0 aliphatic rings. The van der Waals surface area contributed by atoms with Gasteiger partial charge in [-0.1, -0.05) is 12.0 Å². The first-order chi connectivity index (χ1) is 11.7. The van der Waals surface area contributed by atoms with Crippen LogP contribution in [-0.2, 0) is 12.1 Å². The molecule has 7 nitrogen and oxygen atoms in total. The Labute approximate surface area is 145 Å². The lowest BCUT2D eigenvalue weighted by molar-refractivity contribution is 0.251. The first-order valence-electron chi connectivity index (χ1n) is 7.67. The summed E-state index contributed by atoms with van der Waals surface area (Å²) in [6, 6.07) is 6.36. The van der Waals surface area contributed by atoms with Crippen molar-refractivity contribution in [1.82, 2.24) is 14.9 Å². The quantitative estimate of drug-likeness (QED) is 0.741. The number of carbonyl (C=O) groups excluding carboxylic acids is 1. The monoisotopic (exact) mass is 340 g/mol. The van der Waals surface area contributed by atoms with Crippen LogP contribution in [0.1, 0.15) is 31.9 Å². The second-order valence-corrected chi connectivity index (χ2v) is 6.49. The summed E-state index contributed by atoms with van der Waals surface area (Å²) in [4.78, 5) is 38.0. The fourth-order valence-electron chi connectivity index (χ4n) is 2.17. The minimum absolute atomic E-state index is 0.0215. The van der Waals surface area contributed by atoms with Gasteiger partial charge in [0, 0.05) is 23.0 Å². The molecule has 3 N–H and O–H groups in total. The van der Waals surface area contributed by atoms with Crippen LogP contribution in [-0.4, -0.2) is 15.6 Å². The number of anilines is 1. The Kier molecular flexibility index (Phi) is 5.13. The summed E-state index contributed by atoms with van der Waals surface area (Å²) < 4.78 is 1.42. The van der Waals surface area contributed by atoms with E-state index in [1.54, 1.807) is 24.3 Å². The Morgan fingerprint density at radius 1 is 1.32 bits per heavy atom. The molecule has 0 aliphatic heterocycles. The summed E-state index contributed by atoms with van der Waals surface area (Å²) in [5.41, 5.74) is -0.0412. The van der Waals surface area contributed by atoms with Gasteiger partial charge in [-0.2, -0.15) is 0 Å². The van der Waals surface area contributed by atoms with Gasteiger partial charge in [-0.25, -0.2) is 9.59 Å². The van der Waals surface area contributed by atoms with Crippen LogP contribution in [0.15, 0.2) is 40.1 Å². The highest BCUT2D eigenvalue weighted by molar-refractivity contribution is 5.89. The molecule has 25 heavy (non-hydrogen) atoms. The second-order valence-electron chi connectivity index (χ2n) is 6.49. The number of hydrogen-bond donors (Lipinski definition) is 3. The van der Waals surface area contributed by atoms with Crippen LogP contribution < -0.4 is 21.9 Å². The van der Waals surface area contributed by atoms with Gasteiger partial charge in [0.25, 0.3) is 5.56 Å². The van der Waals surface area contributed by atoms with Crippen LogP contribution in [0.4, 0.5) is 10.5 Å². The minimum atomic E-state index is -0.528. The molecule has 0 aliphatic carbocycles. The van der Waals surface area contributed by atoms with E-state index in [-0.39, 0.29) is 12.1 Å². The summed E-state index contributed by atoms with van der Waals surface area (Å²) >= 11 is 0. The number of rotatable bonds is 3. The fourth-order valence-corrected chi connectivity index (χ4v) is 2.17. The number of H-pyrrole nitrogens is 1. The van der Waals surface area contributed by atoms with E-state index in [1.807, 2.05) is 20.8 Å². The maximum absolute atomic E-state index is 12.0. The van der Waals surface area contributed by atoms with Crippen LogP contribution in [0.5, 0.6) is 0 Å². The average molecular weight is 340 g/mol. The standard InChI is InChI=1S/C18H20N4O3/c1-5-12-7-6-8-14(9-12)20-16(24)19-10-13-11-22(18(2,3)4)17(25)21-15(13)23/h1,6-9,11H,10H2,2-4H3,(H2,19,20,24)(H,21,23,25). The van der Waals surface area contributed by atoms with Crippen molar-refractivity contribution in [2.24, 2.45) is 0 Å². The minimum Gasteiger partial charge on any atom is -0.334 e. The number of urea groups is 1. The molecule has 2 rings (SSSR count). The molecule has 0 saturated carbocycles. The molecular weight excluding hydrogens is 320 g/mol. The van der Waals surface area contributed by atoms with Gasteiger partial charge in [0.1, 0.15) is 0 Å². The van der Waals surface area contributed by atoms with E-state index in [2.05, 4.69) is 21.5 Å².